The quantitative estimate of drug-likeness (QED) is 0.323. The van der Waals surface area contributed by atoms with Gasteiger partial charge in [-0.05, 0) is 6.92 Å². The van der Waals surface area contributed by atoms with E-state index >= 15 is 0 Å². The molecule has 0 aromatic heterocycles. The third-order valence-electron chi connectivity index (χ3n) is 1.31. The van der Waals surface area contributed by atoms with Crippen molar-refractivity contribution in [3.8, 4) is 0 Å². The molecule has 3 nitrogen and oxygen atoms in total. The van der Waals surface area contributed by atoms with Crippen LogP contribution in [-0.4, -0.2) is 44.7 Å². The van der Waals surface area contributed by atoms with E-state index in [9.17, 15) is 4.79 Å². The number of carbonyl (C=O) groups excluding carboxylic acids is 1. The molecule has 0 spiro atoms. The summed E-state index contributed by atoms with van der Waals surface area (Å²) in [6, 6.07) is 0. The number of halogens is 1. The van der Waals surface area contributed by atoms with Crippen molar-refractivity contribution in [3.63, 3.8) is 0 Å². The van der Waals surface area contributed by atoms with Crippen LogP contribution in [0.15, 0.2) is 12.2 Å². The van der Waals surface area contributed by atoms with E-state index in [0.717, 1.165) is 11.0 Å². The van der Waals surface area contributed by atoms with Gasteiger partial charge in [0.2, 0.25) is 0 Å². The second kappa shape index (κ2) is 7.09. The van der Waals surface area contributed by atoms with Crippen molar-refractivity contribution in [3.05, 3.63) is 12.2 Å². The number of quaternary nitrogens is 1. The van der Waals surface area contributed by atoms with E-state index in [2.05, 4.69) is 21.1 Å². The van der Waals surface area contributed by atoms with Gasteiger partial charge in [0.15, 0.2) is 0 Å². The third kappa shape index (κ3) is 11.7. The van der Waals surface area contributed by atoms with Gasteiger partial charge in [0.1, 0.15) is 13.2 Å². The molecule has 0 heterocycles. The molecule has 0 atom stereocenters. The second-order valence-electron chi connectivity index (χ2n) is 3.68. The van der Waals surface area contributed by atoms with Crippen molar-refractivity contribution < 1.29 is 31.0 Å². The van der Waals surface area contributed by atoms with Crippen LogP contribution >= 0.6 is 0 Å². The summed E-state index contributed by atoms with van der Waals surface area (Å²) in [5.41, 5.74) is 0. The molecule has 0 rings (SSSR count). The van der Waals surface area contributed by atoms with Crippen LogP contribution in [0.5, 0.6) is 0 Å². The standard InChI is InChI=1S/C9H18NO2.BrH/c1-5-6-9(11)12-8-7-10(2,3)4;/h5-6H,7-8H2,1-4H3;1H/q+1;/p-1. The van der Waals surface area contributed by atoms with Gasteiger partial charge in [-0.2, -0.15) is 0 Å². The van der Waals surface area contributed by atoms with Crippen LogP contribution in [0.4, 0.5) is 0 Å². The summed E-state index contributed by atoms with van der Waals surface area (Å²) in [5.74, 6) is -0.258. The van der Waals surface area contributed by atoms with Crippen molar-refractivity contribution in [2.75, 3.05) is 34.3 Å². The van der Waals surface area contributed by atoms with Crippen molar-refractivity contribution in [1.82, 2.24) is 0 Å². The minimum absolute atomic E-state index is 0. The van der Waals surface area contributed by atoms with Gasteiger partial charge in [-0.15, -0.1) is 0 Å². The van der Waals surface area contributed by atoms with Crippen LogP contribution in [0.3, 0.4) is 0 Å². The molecular formula is C9H18BrNO2. The number of allylic oxidation sites excluding steroid dienone is 1. The molecule has 0 saturated heterocycles. The molecular weight excluding hydrogens is 234 g/mol. The van der Waals surface area contributed by atoms with Crippen LogP contribution < -0.4 is 17.0 Å². The summed E-state index contributed by atoms with van der Waals surface area (Å²) >= 11 is 0. The van der Waals surface area contributed by atoms with Gasteiger partial charge in [0.05, 0.1) is 21.1 Å². The van der Waals surface area contributed by atoms with Crippen LogP contribution in [0.2, 0.25) is 0 Å². The van der Waals surface area contributed by atoms with Crippen molar-refractivity contribution in [2.24, 2.45) is 0 Å². The van der Waals surface area contributed by atoms with E-state index < -0.39 is 0 Å². The first kappa shape index (κ1) is 15.1. The highest BCUT2D eigenvalue weighted by Gasteiger charge is 2.07. The van der Waals surface area contributed by atoms with Crippen LogP contribution in [0.25, 0.3) is 0 Å². The van der Waals surface area contributed by atoms with Crippen LogP contribution in [0.1, 0.15) is 6.92 Å². The fourth-order valence-electron chi connectivity index (χ4n) is 0.604. The highest BCUT2D eigenvalue weighted by atomic mass is 79.9. The van der Waals surface area contributed by atoms with Crippen molar-refractivity contribution in [1.29, 1.82) is 0 Å². The van der Waals surface area contributed by atoms with Gasteiger partial charge in [0.25, 0.3) is 0 Å². The first-order valence-electron chi connectivity index (χ1n) is 4.05. The second-order valence-corrected chi connectivity index (χ2v) is 3.68. The van der Waals surface area contributed by atoms with Crippen molar-refractivity contribution >= 4 is 5.97 Å². The SMILES string of the molecule is CC=CC(=O)OCC[N+](C)(C)C.[Br-]. The van der Waals surface area contributed by atoms with Gasteiger partial charge in [-0.1, -0.05) is 6.08 Å². The Kier molecular flexibility index (Phi) is 8.26. The van der Waals surface area contributed by atoms with Gasteiger partial charge < -0.3 is 26.2 Å². The van der Waals surface area contributed by atoms with Gasteiger partial charge in [0, 0.05) is 6.08 Å². The zero-order valence-corrected chi connectivity index (χ0v) is 10.3. The van der Waals surface area contributed by atoms with Gasteiger partial charge >= 0.3 is 5.97 Å². The largest absolute Gasteiger partial charge is 1.00 e. The molecule has 0 radical (unpaired) electrons. The molecule has 0 aromatic rings. The van der Waals surface area contributed by atoms with E-state index in [1.165, 1.54) is 6.08 Å². The molecule has 0 fully saturated rings. The van der Waals surface area contributed by atoms with E-state index in [1.54, 1.807) is 13.0 Å². The average Bonchev–Trinajstić information content (AvgIpc) is 1.84. The molecule has 4 heteroatoms. The Balaban J connectivity index is 0. The Morgan fingerprint density at radius 1 is 1.38 bits per heavy atom. The fourth-order valence-corrected chi connectivity index (χ4v) is 0.604. The smallest absolute Gasteiger partial charge is 0.330 e. The van der Waals surface area contributed by atoms with E-state index in [1.807, 2.05) is 0 Å². The van der Waals surface area contributed by atoms with Gasteiger partial charge in [-0.25, -0.2) is 4.79 Å². The predicted molar refractivity (Wildman–Crippen MR) is 48.7 cm³/mol. The summed E-state index contributed by atoms with van der Waals surface area (Å²) in [7, 11) is 6.18. The Morgan fingerprint density at radius 2 is 1.92 bits per heavy atom. The maximum Gasteiger partial charge on any atom is 0.330 e. The summed E-state index contributed by atoms with van der Waals surface area (Å²) in [6.45, 7) is 3.11. The Labute approximate surface area is 90.7 Å². The average molecular weight is 252 g/mol. The topological polar surface area (TPSA) is 26.3 Å². The molecule has 0 amide bonds. The van der Waals surface area contributed by atoms with E-state index in [0.29, 0.717) is 6.61 Å². The molecule has 13 heavy (non-hydrogen) atoms. The third-order valence-corrected chi connectivity index (χ3v) is 1.31. The molecule has 0 aliphatic rings. The number of hydrogen-bond donors (Lipinski definition) is 0. The van der Waals surface area contributed by atoms with Crippen LogP contribution in [-0.2, 0) is 9.53 Å². The number of carbonyl (C=O) groups is 1. The van der Waals surface area contributed by atoms with E-state index in [4.69, 9.17) is 4.74 Å². The molecule has 0 aromatic carbocycles. The Morgan fingerprint density at radius 3 is 2.31 bits per heavy atom. The summed E-state index contributed by atoms with van der Waals surface area (Å²) < 4.78 is 5.73. The highest BCUT2D eigenvalue weighted by Crippen LogP contribution is 1.90. The Hall–Kier alpha value is -0.350. The number of hydrogen-bond acceptors (Lipinski definition) is 2. The van der Waals surface area contributed by atoms with Crippen molar-refractivity contribution in [2.45, 2.75) is 6.92 Å². The lowest BCUT2D eigenvalue weighted by atomic mass is 10.5. The summed E-state index contributed by atoms with van der Waals surface area (Å²) in [5, 5.41) is 0. The maximum absolute atomic E-state index is 10.8. The first-order valence-corrected chi connectivity index (χ1v) is 4.05. The van der Waals surface area contributed by atoms with Crippen LogP contribution in [0, 0.1) is 0 Å². The normalized spacial score (nSPS) is 11.1. The minimum Gasteiger partial charge on any atom is -1.00 e. The zero-order valence-electron chi connectivity index (χ0n) is 8.71. The predicted octanol–water partition coefficient (Wildman–Crippen LogP) is -2.18. The lowest BCUT2D eigenvalue weighted by Crippen LogP contribution is -3.00. The maximum atomic E-state index is 10.8. The summed E-state index contributed by atoms with van der Waals surface area (Å²) in [6.07, 6.45) is 3.10. The molecule has 78 valence electrons. The lowest BCUT2D eigenvalue weighted by Gasteiger charge is -2.23. The fraction of sp³-hybridized carbons (Fsp3) is 0.667. The first-order chi connectivity index (χ1) is 5.45. The molecule has 0 aliphatic heterocycles. The number of esters is 1. The zero-order chi connectivity index (χ0) is 9.61. The van der Waals surface area contributed by atoms with Gasteiger partial charge in [-0.3, -0.25) is 0 Å². The van der Waals surface area contributed by atoms with E-state index in [-0.39, 0.29) is 23.0 Å². The highest BCUT2D eigenvalue weighted by molar-refractivity contribution is 5.81. The molecule has 0 bridgehead atoms. The lowest BCUT2D eigenvalue weighted by molar-refractivity contribution is -0.870. The molecule has 0 saturated carbocycles. The summed E-state index contributed by atoms with van der Waals surface area (Å²) in [4.78, 5) is 10.8. The molecule has 0 aliphatic carbocycles. The number of rotatable bonds is 4. The Bertz CT molecular complexity index is 173. The number of ether oxygens (including phenoxy) is 1. The minimum atomic E-state index is -0.258. The number of nitrogens with zero attached hydrogens (tertiary/aromatic N) is 1. The monoisotopic (exact) mass is 251 g/mol. The molecule has 0 N–H and O–H groups in total. The number of likely N-dealkylation sites (N-methyl/N-ethyl adjacent to an activating group) is 1. The molecule has 0 unspecified atom stereocenters.